The van der Waals surface area contributed by atoms with Crippen molar-refractivity contribution in [1.82, 2.24) is 0 Å². The Balaban J connectivity index is 1.64. The highest BCUT2D eigenvalue weighted by Crippen LogP contribution is 2.27. The Bertz CT molecular complexity index is 1050. The molecule has 1 aliphatic rings. The fraction of sp³-hybridized carbons (Fsp3) is 0.217. The quantitative estimate of drug-likeness (QED) is 0.688. The molecule has 0 bridgehead atoms. The van der Waals surface area contributed by atoms with Crippen LogP contribution in [-0.2, 0) is 9.47 Å². The number of hydrogen-bond acceptors (Lipinski definition) is 5. The van der Waals surface area contributed by atoms with Crippen molar-refractivity contribution in [3.63, 3.8) is 0 Å². The number of carbonyl (C=O) groups is 2. The summed E-state index contributed by atoms with van der Waals surface area (Å²) in [6.07, 6.45) is 0. The van der Waals surface area contributed by atoms with E-state index in [1.165, 1.54) is 7.11 Å². The Morgan fingerprint density at radius 1 is 0.966 bits per heavy atom. The number of nitrogens with zero attached hydrogens (tertiary/aromatic N) is 1. The number of methoxy groups -OCH3 is 1. The second-order valence-electron chi connectivity index (χ2n) is 6.80. The van der Waals surface area contributed by atoms with E-state index in [-0.39, 0.29) is 5.91 Å². The van der Waals surface area contributed by atoms with Gasteiger partial charge in [-0.25, -0.2) is 4.79 Å². The lowest BCUT2D eigenvalue weighted by molar-refractivity contribution is 0.0600. The Labute approximate surface area is 169 Å². The summed E-state index contributed by atoms with van der Waals surface area (Å²) >= 11 is 0. The van der Waals surface area contributed by atoms with Crippen LogP contribution < -0.4 is 10.2 Å². The lowest BCUT2D eigenvalue weighted by atomic mass is 10.0. The fourth-order valence-corrected chi connectivity index (χ4v) is 3.59. The van der Waals surface area contributed by atoms with Gasteiger partial charge in [0, 0.05) is 24.3 Å². The maximum atomic E-state index is 12.9. The summed E-state index contributed by atoms with van der Waals surface area (Å²) < 4.78 is 10.4. The molecule has 29 heavy (non-hydrogen) atoms. The minimum Gasteiger partial charge on any atom is -0.465 e. The molecule has 1 saturated heterocycles. The monoisotopic (exact) mass is 390 g/mol. The van der Waals surface area contributed by atoms with E-state index >= 15 is 0 Å². The number of carbonyl (C=O) groups excluding carboxylic acids is 2. The van der Waals surface area contributed by atoms with Crippen molar-refractivity contribution in [3.05, 3.63) is 71.8 Å². The molecule has 3 aromatic rings. The molecular weight excluding hydrogens is 368 g/mol. The van der Waals surface area contributed by atoms with E-state index in [0.29, 0.717) is 43.1 Å². The zero-order valence-corrected chi connectivity index (χ0v) is 16.2. The first-order valence-corrected chi connectivity index (χ1v) is 9.51. The van der Waals surface area contributed by atoms with Crippen molar-refractivity contribution < 1.29 is 19.1 Å². The summed E-state index contributed by atoms with van der Waals surface area (Å²) in [6, 6.07) is 18.7. The van der Waals surface area contributed by atoms with Gasteiger partial charge in [-0.1, -0.05) is 36.4 Å². The molecule has 0 saturated carbocycles. The van der Waals surface area contributed by atoms with Gasteiger partial charge in [0.1, 0.15) is 0 Å². The number of fused-ring (bicyclic) bond motifs is 1. The van der Waals surface area contributed by atoms with Gasteiger partial charge in [-0.2, -0.15) is 0 Å². The van der Waals surface area contributed by atoms with E-state index in [1.54, 1.807) is 18.2 Å². The molecule has 0 aromatic heterocycles. The zero-order chi connectivity index (χ0) is 20.2. The Morgan fingerprint density at radius 2 is 1.72 bits per heavy atom. The minimum absolute atomic E-state index is 0.225. The summed E-state index contributed by atoms with van der Waals surface area (Å²) in [5, 5.41) is 4.79. The van der Waals surface area contributed by atoms with E-state index in [1.807, 2.05) is 42.5 Å². The standard InChI is InChI=1S/C23H22N2O4/c1-28-23(27)20-15-17(9-10-21(20)25-11-13-29-14-12-25)24-22(26)19-8-4-6-16-5-2-3-7-18(16)19/h2-10,15H,11-14H2,1H3,(H,24,26). The molecule has 0 spiro atoms. The average Bonchev–Trinajstić information content (AvgIpc) is 2.78. The number of rotatable bonds is 4. The largest absolute Gasteiger partial charge is 0.465 e. The highest BCUT2D eigenvalue weighted by molar-refractivity contribution is 6.13. The van der Waals surface area contributed by atoms with Crippen LogP contribution in [0.5, 0.6) is 0 Å². The van der Waals surface area contributed by atoms with Crippen LogP contribution in [0.25, 0.3) is 10.8 Å². The molecule has 3 aromatic carbocycles. The minimum atomic E-state index is -0.437. The van der Waals surface area contributed by atoms with Gasteiger partial charge in [0.05, 0.1) is 31.6 Å². The van der Waals surface area contributed by atoms with Gasteiger partial charge in [-0.3, -0.25) is 4.79 Å². The van der Waals surface area contributed by atoms with Gasteiger partial charge in [-0.15, -0.1) is 0 Å². The van der Waals surface area contributed by atoms with Crippen molar-refractivity contribution in [3.8, 4) is 0 Å². The number of hydrogen-bond donors (Lipinski definition) is 1. The summed E-state index contributed by atoms with van der Waals surface area (Å²) in [6.45, 7) is 2.62. The van der Waals surface area contributed by atoms with E-state index < -0.39 is 5.97 Å². The van der Waals surface area contributed by atoms with Crippen molar-refractivity contribution >= 4 is 34.0 Å². The second-order valence-corrected chi connectivity index (χ2v) is 6.80. The van der Waals surface area contributed by atoms with Crippen LogP contribution >= 0.6 is 0 Å². The predicted molar refractivity (Wildman–Crippen MR) is 113 cm³/mol. The maximum absolute atomic E-state index is 12.9. The first-order chi connectivity index (χ1) is 14.2. The van der Waals surface area contributed by atoms with E-state index in [0.717, 1.165) is 16.5 Å². The number of ether oxygens (including phenoxy) is 2. The molecule has 0 atom stereocenters. The number of benzene rings is 3. The molecule has 0 unspecified atom stereocenters. The van der Waals surface area contributed by atoms with Gasteiger partial charge in [-0.05, 0) is 35.0 Å². The van der Waals surface area contributed by atoms with Crippen LogP contribution in [0.3, 0.4) is 0 Å². The molecule has 6 nitrogen and oxygen atoms in total. The third-order valence-electron chi connectivity index (χ3n) is 5.05. The first-order valence-electron chi connectivity index (χ1n) is 9.51. The molecule has 6 heteroatoms. The van der Waals surface area contributed by atoms with Crippen molar-refractivity contribution in [2.24, 2.45) is 0 Å². The highest BCUT2D eigenvalue weighted by atomic mass is 16.5. The van der Waals surface area contributed by atoms with E-state index in [2.05, 4.69) is 10.2 Å². The Morgan fingerprint density at radius 3 is 2.52 bits per heavy atom. The maximum Gasteiger partial charge on any atom is 0.340 e. The summed E-state index contributed by atoms with van der Waals surface area (Å²) in [5.41, 5.74) is 2.33. The lowest BCUT2D eigenvalue weighted by Gasteiger charge is -2.30. The van der Waals surface area contributed by atoms with Crippen molar-refractivity contribution in [1.29, 1.82) is 0 Å². The third-order valence-corrected chi connectivity index (χ3v) is 5.05. The number of amides is 1. The average molecular weight is 390 g/mol. The molecule has 0 aliphatic carbocycles. The molecule has 1 aliphatic heterocycles. The van der Waals surface area contributed by atoms with Crippen LogP contribution in [0, 0.1) is 0 Å². The van der Waals surface area contributed by atoms with E-state index in [9.17, 15) is 9.59 Å². The highest BCUT2D eigenvalue weighted by Gasteiger charge is 2.20. The number of anilines is 2. The molecular formula is C23H22N2O4. The summed E-state index contributed by atoms with van der Waals surface area (Å²) in [4.78, 5) is 27.4. The van der Waals surface area contributed by atoms with Gasteiger partial charge in [0.15, 0.2) is 0 Å². The topological polar surface area (TPSA) is 67.9 Å². The predicted octanol–water partition coefficient (Wildman–Crippen LogP) is 3.72. The molecule has 148 valence electrons. The van der Waals surface area contributed by atoms with Gasteiger partial charge >= 0.3 is 5.97 Å². The Kier molecular flexibility index (Phi) is 5.44. The summed E-state index contributed by atoms with van der Waals surface area (Å²) in [5.74, 6) is -0.663. The van der Waals surface area contributed by atoms with Crippen LogP contribution in [0.15, 0.2) is 60.7 Å². The third kappa shape index (κ3) is 3.93. The van der Waals surface area contributed by atoms with Gasteiger partial charge in [0.2, 0.25) is 0 Å². The Hall–Kier alpha value is -3.38. The van der Waals surface area contributed by atoms with Gasteiger partial charge in [0.25, 0.3) is 5.91 Å². The SMILES string of the molecule is COC(=O)c1cc(NC(=O)c2cccc3ccccc23)ccc1N1CCOCC1. The van der Waals surface area contributed by atoms with Crippen LogP contribution in [0.4, 0.5) is 11.4 Å². The molecule has 4 rings (SSSR count). The van der Waals surface area contributed by atoms with Crippen molar-refractivity contribution in [2.45, 2.75) is 0 Å². The second kappa shape index (κ2) is 8.32. The van der Waals surface area contributed by atoms with E-state index in [4.69, 9.17) is 9.47 Å². The molecule has 1 heterocycles. The van der Waals surface area contributed by atoms with Crippen molar-refractivity contribution in [2.75, 3.05) is 43.6 Å². The number of esters is 1. The molecule has 0 radical (unpaired) electrons. The number of morpholine rings is 1. The normalized spacial score (nSPS) is 13.9. The first kappa shape index (κ1) is 19.0. The van der Waals surface area contributed by atoms with Crippen LogP contribution in [-0.4, -0.2) is 45.3 Å². The lowest BCUT2D eigenvalue weighted by Crippen LogP contribution is -2.37. The summed E-state index contributed by atoms with van der Waals surface area (Å²) in [7, 11) is 1.35. The smallest absolute Gasteiger partial charge is 0.340 e. The fourth-order valence-electron chi connectivity index (χ4n) is 3.59. The molecule has 1 amide bonds. The van der Waals surface area contributed by atoms with Crippen LogP contribution in [0.1, 0.15) is 20.7 Å². The molecule has 1 fully saturated rings. The molecule has 1 N–H and O–H groups in total. The zero-order valence-electron chi connectivity index (χ0n) is 16.2. The number of nitrogens with one attached hydrogen (secondary N) is 1. The van der Waals surface area contributed by atoms with Crippen LogP contribution in [0.2, 0.25) is 0 Å². The van der Waals surface area contributed by atoms with Gasteiger partial charge < -0.3 is 19.7 Å².